The summed E-state index contributed by atoms with van der Waals surface area (Å²) >= 11 is 0. The van der Waals surface area contributed by atoms with Crippen molar-refractivity contribution in [3.05, 3.63) is 34.2 Å². The van der Waals surface area contributed by atoms with E-state index in [9.17, 15) is 18.0 Å². The molecule has 4 nitrogen and oxygen atoms in total. The highest BCUT2D eigenvalue weighted by Crippen LogP contribution is 2.31. The highest BCUT2D eigenvalue weighted by molar-refractivity contribution is 5.77. The van der Waals surface area contributed by atoms with Gasteiger partial charge in [-0.25, -0.2) is 4.79 Å². The van der Waals surface area contributed by atoms with Gasteiger partial charge in [-0.2, -0.15) is 13.2 Å². The van der Waals surface area contributed by atoms with Crippen molar-refractivity contribution >= 4 is 11.0 Å². The molecule has 1 aromatic carbocycles. The lowest BCUT2D eigenvalue weighted by Crippen LogP contribution is -2.30. The molecular formula is C12H14F3N3O. The van der Waals surface area contributed by atoms with Crippen LogP contribution in [0.1, 0.15) is 12.5 Å². The van der Waals surface area contributed by atoms with Gasteiger partial charge in [0.2, 0.25) is 0 Å². The zero-order valence-electron chi connectivity index (χ0n) is 10.5. The molecular weight excluding hydrogens is 259 g/mol. The molecule has 2 rings (SSSR count). The van der Waals surface area contributed by atoms with Gasteiger partial charge in [-0.3, -0.25) is 9.13 Å². The molecule has 0 saturated carbocycles. The monoisotopic (exact) mass is 273 g/mol. The molecule has 0 bridgehead atoms. The minimum atomic E-state index is -4.42. The van der Waals surface area contributed by atoms with Gasteiger partial charge in [0.15, 0.2) is 0 Å². The Bertz CT molecular complexity index is 667. The van der Waals surface area contributed by atoms with Gasteiger partial charge in [-0.15, -0.1) is 0 Å². The first-order chi connectivity index (χ1) is 8.71. The van der Waals surface area contributed by atoms with E-state index < -0.39 is 11.7 Å². The number of benzene rings is 1. The van der Waals surface area contributed by atoms with Gasteiger partial charge in [0.05, 0.1) is 16.6 Å². The summed E-state index contributed by atoms with van der Waals surface area (Å²) in [5.74, 6) is 0. The van der Waals surface area contributed by atoms with Crippen LogP contribution >= 0.6 is 0 Å². The topological polar surface area (TPSA) is 52.9 Å². The van der Waals surface area contributed by atoms with Crippen LogP contribution in [0.4, 0.5) is 13.2 Å². The van der Waals surface area contributed by atoms with E-state index in [1.807, 2.05) is 0 Å². The number of imidazole rings is 1. The van der Waals surface area contributed by atoms with E-state index in [0.717, 1.165) is 12.1 Å². The lowest BCUT2D eigenvalue weighted by atomic mass is 10.2. The van der Waals surface area contributed by atoms with Crippen molar-refractivity contribution in [1.82, 2.24) is 9.13 Å². The van der Waals surface area contributed by atoms with E-state index in [4.69, 9.17) is 5.73 Å². The summed E-state index contributed by atoms with van der Waals surface area (Å²) in [5, 5.41) is 0. The number of halogens is 3. The Morgan fingerprint density at radius 1 is 1.32 bits per heavy atom. The zero-order chi connectivity index (χ0) is 14.4. The molecule has 2 N–H and O–H groups in total. The van der Waals surface area contributed by atoms with Crippen LogP contribution in [0.2, 0.25) is 0 Å². The highest BCUT2D eigenvalue weighted by atomic mass is 19.4. The average molecular weight is 273 g/mol. The van der Waals surface area contributed by atoms with Gasteiger partial charge in [-0.1, -0.05) is 0 Å². The summed E-state index contributed by atoms with van der Waals surface area (Å²) in [6.45, 7) is 2.00. The zero-order valence-corrected chi connectivity index (χ0v) is 10.5. The van der Waals surface area contributed by atoms with Crippen molar-refractivity contribution in [1.29, 1.82) is 0 Å². The Hall–Kier alpha value is -1.76. The molecule has 0 fully saturated rings. The van der Waals surface area contributed by atoms with Gasteiger partial charge in [0.1, 0.15) is 0 Å². The summed E-state index contributed by atoms with van der Waals surface area (Å²) in [4.78, 5) is 12.0. The average Bonchev–Trinajstić information content (AvgIpc) is 2.53. The quantitative estimate of drug-likeness (QED) is 0.905. The third kappa shape index (κ3) is 2.37. The lowest BCUT2D eigenvalue weighted by Gasteiger charge is -2.08. The molecule has 2 aromatic rings. The molecule has 1 atom stereocenters. The number of aryl methyl sites for hydroxylation is 1. The summed E-state index contributed by atoms with van der Waals surface area (Å²) < 4.78 is 40.5. The molecule has 0 aliphatic heterocycles. The number of nitrogens with zero attached hydrogens (tertiary/aromatic N) is 2. The van der Waals surface area contributed by atoms with E-state index in [1.54, 1.807) is 6.92 Å². The van der Waals surface area contributed by atoms with Crippen LogP contribution in [0.15, 0.2) is 23.0 Å². The molecule has 0 saturated heterocycles. The van der Waals surface area contributed by atoms with Gasteiger partial charge in [0, 0.05) is 19.6 Å². The largest absolute Gasteiger partial charge is 0.416 e. The van der Waals surface area contributed by atoms with Crippen LogP contribution < -0.4 is 11.4 Å². The molecule has 0 aliphatic rings. The van der Waals surface area contributed by atoms with Crippen molar-refractivity contribution < 1.29 is 13.2 Å². The smallest absolute Gasteiger partial charge is 0.326 e. The Morgan fingerprint density at radius 3 is 2.47 bits per heavy atom. The van der Waals surface area contributed by atoms with Crippen molar-refractivity contribution in [2.24, 2.45) is 12.8 Å². The van der Waals surface area contributed by atoms with E-state index in [1.165, 1.54) is 22.2 Å². The van der Waals surface area contributed by atoms with Gasteiger partial charge in [0.25, 0.3) is 0 Å². The molecule has 7 heteroatoms. The van der Waals surface area contributed by atoms with Crippen molar-refractivity contribution in [3.63, 3.8) is 0 Å². The van der Waals surface area contributed by atoms with E-state index in [0.29, 0.717) is 5.52 Å². The Labute approximate surface area is 107 Å². The van der Waals surface area contributed by atoms with Gasteiger partial charge >= 0.3 is 11.9 Å². The number of hydrogen-bond acceptors (Lipinski definition) is 2. The SMILES string of the molecule is CC(N)Cn1c(=O)n(C)c2cc(C(F)(F)F)ccc21. The number of aromatic nitrogens is 2. The maximum atomic E-state index is 12.7. The standard InChI is InChI=1S/C12H14F3N3O/c1-7(16)6-18-9-4-3-8(12(13,14)15)5-10(9)17(2)11(18)19/h3-5,7H,6,16H2,1-2H3. The number of hydrogen-bond donors (Lipinski definition) is 1. The number of nitrogens with two attached hydrogens (primary N) is 1. The Morgan fingerprint density at radius 2 is 1.95 bits per heavy atom. The first kappa shape index (κ1) is 13.7. The maximum Gasteiger partial charge on any atom is 0.416 e. The molecule has 0 amide bonds. The summed E-state index contributed by atoms with van der Waals surface area (Å²) in [6.07, 6.45) is -4.42. The molecule has 0 radical (unpaired) electrons. The second kappa shape index (κ2) is 4.41. The summed E-state index contributed by atoms with van der Waals surface area (Å²) in [5.41, 5.74) is 5.21. The third-order valence-corrected chi connectivity index (χ3v) is 2.94. The van der Waals surface area contributed by atoms with Crippen LogP contribution in [0.25, 0.3) is 11.0 Å². The summed E-state index contributed by atoms with van der Waals surface area (Å²) in [7, 11) is 1.45. The Kier molecular flexibility index (Phi) is 3.17. The fourth-order valence-electron chi connectivity index (χ4n) is 2.05. The molecule has 0 aliphatic carbocycles. The van der Waals surface area contributed by atoms with Crippen LogP contribution in [0.5, 0.6) is 0 Å². The predicted molar refractivity (Wildman–Crippen MR) is 65.8 cm³/mol. The molecule has 1 heterocycles. The third-order valence-electron chi connectivity index (χ3n) is 2.94. The minimum Gasteiger partial charge on any atom is -0.326 e. The fraction of sp³-hybridized carbons (Fsp3) is 0.417. The fourth-order valence-corrected chi connectivity index (χ4v) is 2.05. The molecule has 1 aromatic heterocycles. The van der Waals surface area contributed by atoms with Crippen LogP contribution in [0, 0.1) is 0 Å². The number of alkyl halides is 3. The lowest BCUT2D eigenvalue weighted by molar-refractivity contribution is -0.137. The normalized spacial score (nSPS) is 14.0. The van der Waals surface area contributed by atoms with E-state index in [2.05, 4.69) is 0 Å². The molecule has 19 heavy (non-hydrogen) atoms. The minimum absolute atomic E-state index is 0.250. The Balaban J connectivity index is 2.69. The first-order valence-corrected chi connectivity index (χ1v) is 5.74. The summed E-state index contributed by atoms with van der Waals surface area (Å²) in [6, 6.07) is 3.00. The maximum absolute atomic E-state index is 12.7. The van der Waals surface area contributed by atoms with Crippen LogP contribution in [-0.2, 0) is 19.8 Å². The van der Waals surface area contributed by atoms with Crippen LogP contribution in [-0.4, -0.2) is 15.2 Å². The first-order valence-electron chi connectivity index (χ1n) is 5.74. The van der Waals surface area contributed by atoms with Crippen molar-refractivity contribution in [2.75, 3.05) is 0 Å². The van der Waals surface area contributed by atoms with Crippen LogP contribution in [0.3, 0.4) is 0 Å². The molecule has 0 spiro atoms. The molecule has 104 valence electrons. The van der Waals surface area contributed by atoms with Crippen molar-refractivity contribution in [3.8, 4) is 0 Å². The second-order valence-electron chi connectivity index (χ2n) is 4.63. The van der Waals surface area contributed by atoms with E-state index >= 15 is 0 Å². The number of fused-ring (bicyclic) bond motifs is 1. The van der Waals surface area contributed by atoms with Crippen molar-refractivity contribution in [2.45, 2.75) is 25.7 Å². The second-order valence-corrected chi connectivity index (χ2v) is 4.63. The molecule has 1 unspecified atom stereocenters. The number of rotatable bonds is 2. The van der Waals surface area contributed by atoms with Gasteiger partial charge in [-0.05, 0) is 25.1 Å². The highest BCUT2D eigenvalue weighted by Gasteiger charge is 2.31. The van der Waals surface area contributed by atoms with E-state index in [-0.39, 0.29) is 23.8 Å². The van der Waals surface area contributed by atoms with Gasteiger partial charge < -0.3 is 5.73 Å². The predicted octanol–water partition coefficient (Wildman–Crippen LogP) is 1.71.